The molecule has 0 saturated heterocycles. The number of hydrogen-bond acceptors (Lipinski definition) is 1. The van der Waals surface area contributed by atoms with Gasteiger partial charge in [-0.25, -0.2) is 0 Å². The number of benzene rings is 7. The highest BCUT2D eigenvalue weighted by molar-refractivity contribution is 6.22. The van der Waals surface area contributed by atoms with E-state index in [0.717, 1.165) is 65.5 Å². The molecule has 0 spiro atoms. The summed E-state index contributed by atoms with van der Waals surface area (Å²) in [5.74, 6) is 0. The van der Waals surface area contributed by atoms with Gasteiger partial charge in [0.2, 0.25) is 0 Å². The highest BCUT2D eigenvalue weighted by Gasteiger charge is 2.19. The molecule has 3 aromatic heterocycles. The first-order valence-electron chi connectivity index (χ1n) is 15.7. The fraction of sp³-hybridized carbons (Fsp3) is 0. The Morgan fingerprint density at radius 2 is 0.652 bits per heavy atom. The quantitative estimate of drug-likeness (QED) is 0.176. The van der Waals surface area contributed by atoms with Crippen molar-refractivity contribution in [2.45, 2.75) is 0 Å². The SMILES string of the molecule is O=c1c2ccccc2c2cc(-n3c4ccccc4c4ccccc4c4ccccc4c4ccccc43)cc3c4ccccc4n1c23. The van der Waals surface area contributed by atoms with E-state index < -0.39 is 0 Å². The van der Waals surface area contributed by atoms with Crippen LogP contribution in [-0.2, 0) is 0 Å². The van der Waals surface area contributed by atoms with E-state index in [2.05, 4.69) is 138 Å². The number of aromatic nitrogens is 2. The molecular formula is C43H26N2O. The lowest BCUT2D eigenvalue weighted by Gasteiger charge is -2.16. The third-order valence-electron chi connectivity index (χ3n) is 9.68. The number of pyridine rings is 1. The monoisotopic (exact) mass is 586 g/mol. The maximum absolute atomic E-state index is 14.0. The van der Waals surface area contributed by atoms with Crippen LogP contribution in [0.15, 0.2) is 163 Å². The van der Waals surface area contributed by atoms with Crippen molar-refractivity contribution in [3.63, 3.8) is 0 Å². The predicted molar refractivity (Wildman–Crippen MR) is 194 cm³/mol. The summed E-state index contributed by atoms with van der Waals surface area (Å²) in [6.07, 6.45) is 0. The summed E-state index contributed by atoms with van der Waals surface area (Å²) in [5.41, 5.74) is 5.18. The van der Waals surface area contributed by atoms with E-state index in [4.69, 9.17) is 0 Å². The minimum atomic E-state index is 0.0219. The molecule has 0 bridgehead atoms. The summed E-state index contributed by atoms with van der Waals surface area (Å²) >= 11 is 0. The van der Waals surface area contributed by atoms with Gasteiger partial charge in [-0.05, 0) is 63.3 Å². The predicted octanol–water partition coefficient (Wildman–Crippen LogP) is 10.7. The van der Waals surface area contributed by atoms with Gasteiger partial charge in [-0.15, -0.1) is 0 Å². The summed E-state index contributed by atoms with van der Waals surface area (Å²) < 4.78 is 4.34. The van der Waals surface area contributed by atoms with Crippen molar-refractivity contribution in [2.24, 2.45) is 0 Å². The van der Waals surface area contributed by atoms with Crippen molar-refractivity contribution in [1.82, 2.24) is 8.97 Å². The van der Waals surface area contributed by atoms with Crippen LogP contribution in [0.25, 0.3) is 87.0 Å². The maximum atomic E-state index is 14.0. The Balaban J connectivity index is 1.54. The van der Waals surface area contributed by atoms with E-state index >= 15 is 0 Å². The number of fused-ring (bicyclic) bond motifs is 12. The lowest BCUT2D eigenvalue weighted by molar-refractivity contribution is 1.17. The zero-order valence-corrected chi connectivity index (χ0v) is 24.8. The van der Waals surface area contributed by atoms with Gasteiger partial charge in [0.25, 0.3) is 5.56 Å². The molecule has 0 amide bonds. The minimum Gasteiger partial charge on any atom is -0.309 e. The molecule has 3 nitrogen and oxygen atoms in total. The Kier molecular flexibility index (Phi) is 5.15. The van der Waals surface area contributed by atoms with Crippen LogP contribution in [0.1, 0.15) is 0 Å². The number of para-hydroxylation sites is 3. The van der Waals surface area contributed by atoms with Gasteiger partial charge in [-0.2, -0.15) is 0 Å². The van der Waals surface area contributed by atoms with Crippen molar-refractivity contribution in [3.05, 3.63) is 168 Å². The molecule has 3 heteroatoms. The van der Waals surface area contributed by atoms with Gasteiger partial charge < -0.3 is 4.57 Å². The van der Waals surface area contributed by atoms with Gasteiger partial charge in [-0.3, -0.25) is 9.20 Å². The van der Waals surface area contributed by atoms with Crippen molar-refractivity contribution in [2.75, 3.05) is 0 Å². The van der Waals surface area contributed by atoms with Crippen LogP contribution in [0.5, 0.6) is 0 Å². The summed E-state index contributed by atoms with van der Waals surface area (Å²) in [5, 5.41) is 12.0. The number of nitrogens with zero attached hydrogens (tertiary/aromatic N) is 2. The second-order valence-corrected chi connectivity index (χ2v) is 12.1. The Morgan fingerprint density at radius 1 is 0.326 bits per heavy atom. The van der Waals surface area contributed by atoms with E-state index in [0.29, 0.717) is 0 Å². The van der Waals surface area contributed by atoms with Crippen molar-refractivity contribution in [3.8, 4) is 5.69 Å². The molecule has 0 atom stereocenters. The minimum absolute atomic E-state index is 0.0219. The second kappa shape index (κ2) is 9.40. The molecule has 3 heterocycles. The molecule has 214 valence electrons. The molecule has 46 heavy (non-hydrogen) atoms. The van der Waals surface area contributed by atoms with Gasteiger partial charge in [0.1, 0.15) is 0 Å². The van der Waals surface area contributed by atoms with Crippen LogP contribution in [0, 0.1) is 0 Å². The molecule has 0 aliphatic carbocycles. The van der Waals surface area contributed by atoms with E-state index in [9.17, 15) is 4.79 Å². The van der Waals surface area contributed by atoms with Crippen molar-refractivity contribution >= 4 is 81.3 Å². The van der Waals surface area contributed by atoms with Crippen LogP contribution >= 0.6 is 0 Å². The maximum Gasteiger partial charge on any atom is 0.263 e. The molecular weight excluding hydrogens is 560 g/mol. The standard InChI is InChI=1S/C43H26N2O/c46-43-36-21-6-5-17-32(36)37-25-27(26-38-35-20-9-12-24-41(35)45(43)42(37)38)44-39-22-10-7-18-33(39)30-15-3-1-13-28(30)29-14-2-4-16-31(29)34-19-8-11-23-40(34)44/h1-26H. The first-order chi connectivity index (χ1) is 22.8. The Labute approximate surface area is 263 Å². The van der Waals surface area contributed by atoms with Crippen LogP contribution < -0.4 is 5.56 Å². The smallest absolute Gasteiger partial charge is 0.263 e. The van der Waals surface area contributed by atoms with Crippen molar-refractivity contribution in [1.29, 1.82) is 0 Å². The highest BCUT2D eigenvalue weighted by Crippen LogP contribution is 2.39. The zero-order valence-electron chi connectivity index (χ0n) is 24.8. The van der Waals surface area contributed by atoms with E-state index in [1.54, 1.807) is 0 Å². The summed E-state index contributed by atoms with van der Waals surface area (Å²) in [4.78, 5) is 14.0. The lowest BCUT2D eigenvalue weighted by atomic mass is 10.0. The molecule has 0 unspecified atom stereocenters. The van der Waals surface area contributed by atoms with Crippen LogP contribution in [0.3, 0.4) is 0 Å². The van der Waals surface area contributed by atoms with Gasteiger partial charge in [0.15, 0.2) is 0 Å². The molecule has 0 fully saturated rings. The average molecular weight is 587 g/mol. The number of hydrogen-bond donors (Lipinski definition) is 0. The third-order valence-corrected chi connectivity index (χ3v) is 9.68. The zero-order chi connectivity index (χ0) is 30.4. The fourth-order valence-corrected chi connectivity index (χ4v) is 7.76. The van der Waals surface area contributed by atoms with Crippen LogP contribution in [0.2, 0.25) is 0 Å². The normalized spacial score (nSPS) is 12.0. The largest absolute Gasteiger partial charge is 0.309 e. The van der Waals surface area contributed by atoms with Crippen LogP contribution in [0.4, 0.5) is 0 Å². The molecule has 0 aliphatic heterocycles. The molecule has 0 N–H and O–H groups in total. The molecule has 0 aliphatic rings. The highest BCUT2D eigenvalue weighted by atomic mass is 16.1. The molecule has 7 aromatic carbocycles. The summed E-state index contributed by atoms with van der Waals surface area (Å²) in [6, 6.07) is 55.8. The van der Waals surface area contributed by atoms with Gasteiger partial charge in [-0.1, -0.05) is 121 Å². The van der Waals surface area contributed by atoms with Gasteiger partial charge in [0, 0.05) is 38.0 Å². The van der Waals surface area contributed by atoms with E-state index in [1.165, 1.54) is 21.5 Å². The molecule has 0 radical (unpaired) electrons. The third kappa shape index (κ3) is 3.34. The van der Waals surface area contributed by atoms with E-state index in [-0.39, 0.29) is 5.56 Å². The number of rotatable bonds is 1. The second-order valence-electron chi connectivity index (χ2n) is 12.1. The average Bonchev–Trinajstić information content (AvgIpc) is 3.47. The van der Waals surface area contributed by atoms with Crippen LogP contribution in [-0.4, -0.2) is 8.97 Å². The topological polar surface area (TPSA) is 26.4 Å². The molecule has 10 rings (SSSR count). The summed E-state index contributed by atoms with van der Waals surface area (Å²) in [6.45, 7) is 0. The molecule has 10 aromatic rings. The Bertz CT molecular complexity index is 2900. The first-order valence-corrected chi connectivity index (χ1v) is 15.7. The first kappa shape index (κ1) is 25.2. The lowest BCUT2D eigenvalue weighted by Crippen LogP contribution is -2.13. The fourth-order valence-electron chi connectivity index (χ4n) is 7.76. The Morgan fingerprint density at radius 3 is 1.15 bits per heavy atom. The Hall–Kier alpha value is -6.19. The van der Waals surface area contributed by atoms with Gasteiger partial charge in [0.05, 0.1) is 22.1 Å². The van der Waals surface area contributed by atoms with E-state index in [1.807, 2.05) is 28.7 Å². The summed E-state index contributed by atoms with van der Waals surface area (Å²) in [7, 11) is 0. The van der Waals surface area contributed by atoms with Crippen molar-refractivity contribution < 1.29 is 0 Å². The molecule has 0 saturated carbocycles. The van der Waals surface area contributed by atoms with Gasteiger partial charge >= 0.3 is 0 Å².